The van der Waals surface area contributed by atoms with Crippen molar-refractivity contribution < 1.29 is 9.32 Å². The second-order valence-electron chi connectivity index (χ2n) is 4.36. The molecule has 1 aromatic rings. The standard InChI is InChI=1S/C12H17BrN2O2/c13-7-8-15(10-4-2-1-3-5-10)12(16)11-6-9-17-14-11/h6,9-10H,1-5,7-8H2. The average Bonchev–Trinajstić information content (AvgIpc) is 2.90. The van der Waals surface area contributed by atoms with E-state index in [4.69, 9.17) is 4.52 Å². The highest BCUT2D eigenvalue weighted by atomic mass is 79.9. The molecule has 1 amide bonds. The summed E-state index contributed by atoms with van der Waals surface area (Å²) >= 11 is 3.41. The second-order valence-corrected chi connectivity index (χ2v) is 5.16. The molecule has 1 fully saturated rings. The summed E-state index contributed by atoms with van der Waals surface area (Å²) in [6, 6.07) is 2.00. The summed E-state index contributed by atoms with van der Waals surface area (Å²) in [5.74, 6) is -0.00917. The van der Waals surface area contributed by atoms with Gasteiger partial charge in [0.05, 0.1) is 0 Å². The van der Waals surface area contributed by atoms with E-state index in [0.717, 1.165) is 24.7 Å². The van der Waals surface area contributed by atoms with Crippen LogP contribution >= 0.6 is 15.9 Å². The molecule has 0 bridgehead atoms. The van der Waals surface area contributed by atoms with Crippen molar-refractivity contribution in [1.29, 1.82) is 0 Å². The molecule has 0 atom stereocenters. The fourth-order valence-corrected chi connectivity index (χ4v) is 2.79. The summed E-state index contributed by atoms with van der Waals surface area (Å²) in [6.45, 7) is 0.732. The Balaban J connectivity index is 2.07. The molecule has 1 saturated carbocycles. The van der Waals surface area contributed by atoms with Crippen LogP contribution in [-0.4, -0.2) is 33.9 Å². The molecular weight excluding hydrogens is 284 g/mol. The van der Waals surface area contributed by atoms with Crippen molar-refractivity contribution in [2.45, 2.75) is 38.1 Å². The van der Waals surface area contributed by atoms with E-state index in [9.17, 15) is 4.79 Å². The van der Waals surface area contributed by atoms with E-state index in [1.165, 1.54) is 25.5 Å². The summed E-state index contributed by atoms with van der Waals surface area (Å²) in [7, 11) is 0. The SMILES string of the molecule is O=C(c1ccon1)N(CCBr)C1CCCCC1. The van der Waals surface area contributed by atoms with Crippen molar-refractivity contribution in [3.8, 4) is 0 Å². The van der Waals surface area contributed by atoms with Crippen LogP contribution in [0.1, 0.15) is 42.6 Å². The van der Waals surface area contributed by atoms with E-state index in [-0.39, 0.29) is 5.91 Å². The van der Waals surface area contributed by atoms with E-state index < -0.39 is 0 Å². The lowest BCUT2D eigenvalue weighted by molar-refractivity contribution is 0.0640. The molecule has 0 aliphatic heterocycles. The molecule has 0 unspecified atom stereocenters. The quantitative estimate of drug-likeness (QED) is 0.803. The van der Waals surface area contributed by atoms with Gasteiger partial charge in [-0.15, -0.1) is 0 Å². The third-order valence-corrected chi connectivity index (χ3v) is 3.61. The third kappa shape index (κ3) is 3.09. The van der Waals surface area contributed by atoms with Gasteiger partial charge >= 0.3 is 0 Å². The number of aromatic nitrogens is 1. The van der Waals surface area contributed by atoms with Crippen LogP contribution in [0, 0.1) is 0 Å². The van der Waals surface area contributed by atoms with Gasteiger partial charge in [-0.25, -0.2) is 0 Å². The zero-order valence-electron chi connectivity index (χ0n) is 9.77. The number of alkyl halides is 1. The molecule has 0 saturated heterocycles. The number of carbonyl (C=O) groups excluding carboxylic acids is 1. The maximum absolute atomic E-state index is 12.3. The number of carbonyl (C=O) groups is 1. The lowest BCUT2D eigenvalue weighted by Gasteiger charge is -2.33. The molecule has 0 spiro atoms. The van der Waals surface area contributed by atoms with E-state index in [1.807, 2.05) is 4.90 Å². The molecule has 94 valence electrons. The lowest BCUT2D eigenvalue weighted by atomic mass is 9.94. The molecule has 17 heavy (non-hydrogen) atoms. The summed E-state index contributed by atoms with van der Waals surface area (Å²) in [4.78, 5) is 14.2. The molecule has 1 aliphatic rings. The van der Waals surface area contributed by atoms with Crippen LogP contribution in [0.15, 0.2) is 16.9 Å². The molecular formula is C12H17BrN2O2. The van der Waals surface area contributed by atoms with Gasteiger partial charge in [-0.05, 0) is 12.8 Å². The van der Waals surface area contributed by atoms with Gasteiger partial charge in [0, 0.05) is 24.0 Å². The number of nitrogens with zero attached hydrogens (tertiary/aromatic N) is 2. The van der Waals surface area contributed by atoms with Gasteiger partial charge in [-0.2, -0.15) is 0 Å². The zero-order chi connectivity index (χ0) is 12.1. The first-order valence-electron chi connectivity index (χ1n) is 6.10. The van der Waals surface area contributed by atoms with Crippen molar-refractivity contribution in [2.24, 2.45) is 0 Å². The van der Waals surface area contributed by atoms with Crippen molar-refractivity contribution in [3.63, 3.8) is 0 Å². The normalized spacial score (nSPS) is 17.0. The first kappa shape index (κ1) is 12.6. The van der Waals surface area contributed by atoms with Gasteiger partial charge in [-0.1, -0.05) is 40.3 Å². The smallest absolute Gasteiger partial charge is 0.276 e. The van der Waals surface area contributed by atoms with Crippen LogP contribution in [0.25, 0.3) is 0 Å². The molecule has 0 aromatic carbocycles. The monoisotopic (exact) mass is 300 g/mol. The summed E-state index contributed by atoms with van der Waals surface area (Å²) in [5, 5.41) is 4.53. The summed E-state index contributed by atoms with van der Waals surface area (Å²) < 4.78 is 4.74. The van der Waals surface area contributed by atoms with E-state index in [1.54, 1.807) is 6.07 Å². The minimum atomic E-state index is -0.00917. The number of amides is 1. The molecule has 2 rings (SSSR count). The van der Waals surface area contributed by atoms with Gasteiger partial charge in [0.25, 0.3) is 5.91 Å². The lowest BCUT2D eigenvalue weighted by Crippen LogP contribution is -2.42. The van der Waals surface area contributed by atoms with Gasteiger partial charge < -0.3 is 9.42 Å². The highest BCUT2D eigenvalue weighted by molar-refractivity contribution is 9.09. The van der Waals surface area contributed by atoms with Crippen LogP contribution in [0.4, 0.5) is 0 Å². The number of halogens is 1. The maximum atomic E-state index is 12.3. The number of rotatable bonds is 4. The topological polar surface area (TPSA) is 46.3 Å². The predicted molar refractivity (Wildman–Crippen MR) is 68.2 cm³/mol. The molecule has 4 nitrogen and oxygen atoms in total. The van der Waals surface area contributed by atoms with Crippen molar-refractivity contribution in [1.82, 2.24) is 10.1 Å². The predicted octanol–water partition coefficient (Wildman–Crippen LogP) is 2.84. The first-order chi connectivity index (χ1) is 8.33. The largest absolute Gasteiger partial charge is 0.364 e. The van der Waals surface area contributed by atoms with Gasteiger partial charge in [-0.3, -0.25) is 4.79 Å². The molecule has 1 aromatic heterocycles. The number of hydrogen-bond acceptors (Lipinski definition) is 3. The van der Waals surface area contributed by atoms with Crippen molar-refractivity contribution in [2.75, 3.05) is 11.9 Å². The Kier molecular flexibility index (Phi) is 4.59. The Hall–Kier alpha value is -0.840. The van der Waals surface area contributed by atoms with E-state index >= 15 is 0 Å². The first-order valence-corrected chi connectivity index (χ1v) is 7.22. The Morgan fingerprint density at radius 3 is 2.82 bits per heavy atom. The van der Waals surface area contributed by atoms with Gasteiger partial charge in [0.1, 0.15) is 6.26 Å². The van der Waals surface area contributed by atoms with Crippen LogP contribution in [0.3, 0.4) is 0 Å². The van der Waals surface area contributed by atoms with Crippen LogP contribution in [-0.2, 0) is 0 Å². The van der Waals surface area contributed by atoms with E-state index in [2.05, 4.69) is 21.1 Å². The van der Waals surface area contributed by atoms with E-state index in [0.29, 0.717) is 11.7 Å². The van der Waals surface area contributed by atoms with Crippen LogP contribution in [0.5, 0.6) is 0 Å². The Morgan fingerprint density at radius 1 is 1.47 bits per heavy atom. The van der Waals surface area contributed by atoms with Gasteiger partial charge in [0.2, 0.25) is 0 Å². The fourth-order valence-electron chi connectivity index (χ4n) is 2.40. The van der Waals surface area contributed by atoms with Crippen LogP contribution in [0.2, 0.25) is 0 Å². The molecule has 0 radical (unpaired) electrons. The van der Waals surface area contributed by atoms with Crippen LogP contribution < -0.4 is 0 Å². The van der Waals surface area contributed by atoms with Crippen molar-refractivity contribution in [3.05, 3.63) is 18.0 Å². The number of hydrogen-bond donors (Lipinski definition) is 0. The Morgan fingerprint density at radius 2 is 2.24 bits per heavy atom. The molecule has 1 aliphatic carbocycles. The Bertz CT molecular complexity index is 347. The highest BCUT2D eigenvalue weighted by Crippen LogP contribution is 2.23. The maximum Gasteiger partial charge on any atom is 0.276 e. The fraction of sp³-hybridized carbons (Fsp3) is 0.667. The minimum absolute atomic E-state index is 0.00917. The third-order valence-electron chi connectivity index (χ3n) is 3.26. The minimum Gasteiger partial charge on any atom is -0.364 e. The molecule has 1 heterocycles. The van der Waals surface area contributed by atoms with Crippen molar-refractivity contribution >= 4 is 21.8 Å². The average molecular weight is 301 g/mol. The molecule has 0 N–H and O–H groups in total. The second kappa shape index (κ2) is 6.19. The Labute approximate surface area is 109 Å². The van der Waals surface area contributed by atoms with Gasteiger partial charge in [0.15, 0.2) is 5.69 Å². The zero-order valence-corrected chi connectivity index (χ0v) is 11.4. The summed E-state index contributed by atoms with van der Waals surface area (Å²) in [6.07, 6.45) is 7.38. The summed E-state index contributed by atoms with van der Waals surface area (Å²) in [5.41, 5.74) is 0.413. The molecule has 5 heteroatoms. The highest BCUT2D eigenvalue weighted by Gasteiger charge is 2.26.